The van der Waals surface area contributed by atoms with Crippen LogP contribution in [0.5, 0.6) is 11.5 Å². The Hall–Kier alpha value is -1.26. The lowest BCUT2D eigenvalue weighted by molar-refractivity contribution is 0.116. The van der Waals surface area contributed by atoms with Crippen LogP contribution >= 0.6 is 0 Å². The third-order valence-electron chi connectivity index (χ3n) is 3.19. The van der Waals surface area contributed by atoms with Crippen LogP contribution in [0.2, 0.25) is 0 Å². The fourth-order valence-corrected chi connectivity index (χ4v) is 1.83. The zero-order valence-corrected chi connectivity index (χ0v) is 12.3. The lowest BCUT2D eigenvalue weighted by Gasteiger charge is -2.15. The van der Waals surface area contributed by atoms with Crippen molar-refractivity contribution in [3.05, 3.63) is 23.8 Å². The molecule has 0 fully saturated rings. The highest BCUT2D eigenvalue weighted by molar-refractivity contribution is 5.40. The number of rotatable bonds is 8. The molecule has 0 bridgehead atoms. The van der Waals surface area contributed by atoms with Gasteiger partial charge in [-0.25, -0.2) is 0 Å². The molecule has 0 saturated carbocycles. The van der Waals surface area contributed by atoms with E-state index in [4.69, 9.17) is 9.47 Å². The minimum Gasteiger partial charge on any atom is -0.497 e. The molecule has 0 amide bonds. The van der Waals surface area contributed by atoms with Crippen LogP contribution in [0.1, 0.15) is 25.8 Å². The molecule has 0 aliphatic carbocycles. The Morgan fingerprint density at radius 2 is 1.95 bits per heavy atom. The first-order chi connectivity index (χ1) is 9.08. The van der Waals surface area contributed by atoms with Crippen molar-refractivity contribution in [2.75, 3.05) is 20.8 Å². The molecular formula is C15H25NO3. The van der Waals surface area contributed by atoms with Crippen molar-refractivity contribution in [3.8, 4) is 11.5 Å². The average Bonchev–Trinajstić information content (AvgIpc) is 2.42. The van der Waals surface area contributed by atoms with Gasteiger partial charge in [0.2, 0.25) is 0 Å². The standard InChI is InChI=1S/C15H25NO3/c1-11(2)14(17)7-8-16-10-12-9-13(18-3)5-6-15(12)19-4/h5-6,9,11,14,16-17H,7-8,10H2,1-4H3. The zero-order valence-electron chi connectivity index (χ0n) is 12.3. The fraction of sp³-hybridized carbons (Fsp3) is 0.600. The molecule has 0 spiro atoms. The number of methoxy groups -OCH3 is 2. The average molecular weight is 267 g/mol. The van der Waals surface area contributed by atoms with E-state index in [1.165, 1.54) is 0 Å². The molecule has 1 aromatic rings. The first-order valence-corrected chi connectivity index (χ1v) is 6.68. The summed E-state index contributed by atoms with van der Waals surface area (Å²) in [5.74, 6) is 1.96. The van der Waals surface area contributed by atoms with Gasteiger partial charge < -0.3 is 19.9 Å². The minimum atomic E-state index is -0.250. The molecule has 1 atom stereocenters. The Morgan fingerprint density at radius 1 is 1.21 bits per heavy atom. The maximum absolute atomic E-state index is 9.72. The maximum atomic E-state index is 9.72. The summed E-state index contributed by atoms with van der Waals surface area (Å²) in [6.07, 6.45) is 0.504. The summed E-state index contributed by atoms with van der Waals surface area (Å²) in [5, 5.41) is 13.0. The molecule has 0 aliphatic rings. The first-order valence-electron chi connectivity index (χ1n) is 6.68. The number of benzene rings is 1. The summed E-state index contributed by atoms with van der Waals surface area (Å²) < 4.78 is 10.5. The van der Waals surface area contributed by atoms with Gasteiger partial charge in [-0.05, 0) is 37.1 Å². The second-order valence-corrected chi connectivity index (χ2v) is 4.95. The monoisotopic (exact) mass is 267 g/mol. The van der Waals surface area contributed by atoms with Crippen LogP contribution in [0.4, 0.5) is 0 Å². The van der Waals surface area contributed by atoms with Crippen LogP contribution in [-0.4, -0.2) is 32.0 Å². The lowest BCUT2D eigenvalue weighted by Crippen LogP contribution is -2.23. The van der Waals surface area contributed by atoms with Gasteiger partial charge in [-0.15, -0.1) is 0 Å². The summed E-state index contributed by atoms with van der Waals surface area (Å²) >= 11 is 0. The lowest BCUT2D eigenvalue weighted by atomic mass is 10.0. The second kappa shape index (κ2) is 8.02. The SMILES string of the molecule is COc1ccc(OC)c(CNCCC(O)C(C)C)c1. The van der Waals surface area contributed by atoms with Gasteiger partial charge in [-0.2, -0.15) is 0 Å². The van der Waals surface area contributed by atoms with Crippen LogP contribution in [-0.2, 0) is 6.54 Å². The predicted octanol–water partition coefficient (Wildman–Crippen LogP) is 2.20. The third kappa shape index (κ3) is 5.09. The van der Waals surface area contributed by atoms with Gasteiger partial charge in [0.15, 0.2) is 0 Å². The summed E-state index contributed by atoms with van der Waals surface area (Å²) in [6, 6.07) is 5.74. The molecule has 0 heterocycles. The van der Waals surface area contributed by atoms with Crippen LogP contribution in [0.3, 0.4) is 0 Å². The van der Waals surface area contributed by atoms with Crippen LogP contribution in [0.15, 0.2) is 18.2 Å². The van der Waals surface area contributed by atoms with Crippen LogP contribution < -0.4 is 14.8 Å². The summed E-state index contributed by atoms with van der Waals surface area (Å²) in [4.78, 5) is 0. The molecule has 0 aromatic heterocycles. The summed E-state index contributed by atoms with van der Waals surface area (Å²) in [5.41, 5.74) is 1.06. The van der Waals surface area contributed by atoms with E-state index in [9.17, 15) is 5.11 Å². The molecule has 1 unspecified atom stereocenters. The van der Waals surface area contributed by atoms with Gasteiger partial charge in [0.05, 0.1) is 20.3 Å². The van der Waals surface area contributed by atoms with Crippen LogP contribution in [0.25, 0.3) is 0 Å². The fourth-order valence-electron chi connectivity index (χ4n) is 1.83. The van der Waals surface area contributed by atoms with Gasteiger partial charge in [0.1, 0.15) is 11.5 Å². The van der Waals surface area contributed by atoms with Crippen molar-refractivity contribution in [2.45, 2.75) is 32.9 Å². The number of hydrogen-bond donors (Lipinski definition) is 2. The van der Waals surface area contributed by atoms with Crippen molar-refractivity contribution in [1.29, 1.82) is 0 Å². The largest absolute Gasteiger partial charge is 0.497 e. The van der Waals surface area contributed by atoms with Gasteiger partial charge in [0.25, 0.3) is 0 Å². The van der Waals surface area contributed by atoms with Gasteiger partial charge in [-0.3, -0.25) is 0 Å². The van der Waals surface area contributed by atoms with Crippen molar-refractivity contribution < 1.29 is 14.6 Å². The highest BCUT2D eigenvalue weighted by Crippen LogP contribution is 2.23. The number of aliphatic hydroxyl groups is 1. The third-order valence-corrected chi connectivity index (χ3v) is 3.19. The van der Waals surface area contributed by atoms with E-state index in [0.29, 0.717) is 12.5 Å². The normalized spacial score (nSPS) is 12.5. The molecule has 4 nitrogen and oxygen atoms in total. The summed E-state index contributed by atoms with van der Waals surface area (Å²) in [7, 11) is 3.31. The van der Waals surface area contributed by atoms with E-state index < -0.39 is 0 Å². The quantitative estimate of drug-likeness (QED) is 0.709. The smallest absolute Gasteiger partial charge is 0.123 e. The second-order valence-electron chi connectivity index (χ2n) is 4.95. The van der Waals surface area contributed by atoms with Gasteiger partial charge >= 0.3 is 0 Å². The summed E-state index contributed by atoms with van der Waals surface area (Å²) in [6.45, 7) is 5.52. The molecule has 1 aromatic carbocycles. The Bertz CT molecular complexity index is 380. The Morgan fingerprint density at radius 3 is 2.53 bits per heavy atom. The van der Waals surface area contributed by atoms with Crippen molar-refractivity contribution >= 4 is 0 Å². The predicted molar refractivity (Wildman–Crippen MR) is 76.7 cm³/mol. The highest BCUT2D eigenvalue weighted by atomic mass is 16.5. The molecule has 0 radical (unpaired) electrons. The molecule has 0 aliphatic heterocycles. The van der Waals surface area contributed by atoms with Crippen LogP contribution in [0, 0.1) is 5.92 Å². The molecule has 2 N–H and O–H groups in total. The highest BCUT2D eigenvalue weighted by Gasteiger charge is 2.09. The van der Waals surface area contributed by atoms with E-state index in [-0.39, 0.29) is 6.10 Å². The number of nitrogens with one attached hydrogen (secondary N) is 1. The van der Waals surface area contributed by atoms with E-state index in [2.05, 4.69) is 5.32 Å². The van der Waals surface area contributed by atoms with E-state index in [0.717, 1.165) is 30.0 Å². The maximum Gasteiger partial charge on any atom is 0.123 e. The topological polar surface area (TPSA) is 50.7 Å². The van der Waals surface area contributed by atoms with Gasteiger partial charge in [-0.1, -0.05) is 13.8 Å². The molecule has 4 heteroatoms. The Kier molecular flexibility index (Phi) is 6.67. The van der Waals surface area contributed by atoms with Gasteiger partial charge in [0, 0.05) is 12.1 Å². The first kappa shape index (κ1) is 15.8. The number of hydrogen-bond acceptors (Lipinski definition) is 4. The molecular weight excluding hydrogens is 242 g/mol. The Labute approximate surface area is 115 Å². The van der Waals surface area contributed by atoms with Crippen molar-refractivity contribution in [2.24, 2.45) is 5.92 Å². The van der Waals surface area contributed by atoms with E-state index >= 15 is 0 Å². The van der Waals surface area contributed by atoms with E-state index in [1.807, 2.05) is 32.0 Å². The van der Waals surface area contributed by atoms with Crippen molar-refractivity contribution in [3.63, 3.8) is 0 Å². The number of aliphatic hydroxyl groups excluding tert-OH is 1. The van der Waals surface area contributed by atoms with Crippen molar-refractivity contribution in [1.82, 2.24) is 5.32 Å². The Balaban J connectivity index is 2.47. The molecule has 108 valence electrons. The molecule has 0 saturated heterocycles. The van der Waals surface area contributed by atoms with E-state index in [1.54, 1.807) is 14.2 Å². The molecule has 19 heavy (non-hydrogen) atoms. The zero-order chi connectivity index (χ0) is 14.3. The number of ether oxygens (including phenoxy) is 2. The molecule has 1 rings (SSSR count). The minimum absolute atomic E-state index is 0.250.